The Balaban J connectivity index is 3.39. The number of aryl methyl sites for hydroxylation is 3. The summed E-state index contributed by atoms with van der Waals surface area (Å²) in [5.74, 6) is -2.20. The van der Waals surface area contributed by atoms with Crippen molar-refractivity contribution < 1.29 is 18.3 Å². The maximum Gasteiger partial charge on any atom is 0.319 e. The Morgan fingerprint density at radius 3 is 2.00 bits per heavy atom. The first-order valence-electron chi connectivity index (χ1n) is 4.76. The second kappa shape index (κ2) is 4.25. The summed E-state index contributed by atoms with van der Waals surface area (Å²) in [5.41, 5.74) is 2.15. The van der Waals surface area contributed by atoms with Crippen molar-refractivity contribution in [1.29, 1.82) is 0 Å². The van der Waals surface area contributed by atoms with E-state index in [1.165, 1.54) is 0 Å². The first-order valence-corrected chi connectivity index (χ1v) is 6.41. The predicted octanol–water partition coefficient (Wildman–Crippen LogP) is 1.47. The molecule has 0 aliphatic heterocycles. The van der Waals surface area contributed by atoms with Gasteiger partial charge in [-0.25, -0.2) is 8.42 Å². The Morgan fingerprint density at radius 2 is 1.62 bits per heavy atom. The molecule has 0 radical (unpaired) electrons. The highest BCUT2D eigenvalue weighted by Crippen LogP contribution is 2.22. The number of hydrogen-bond acceptors (Lipinski definition) is 3. The molecule has 1 aromatic rings. The van der Waals surface area contributed by atoms with Crippen LogP contribution < -0.4 is 0 Å². The van der Waals surface area contributed by atoms with E-state index in [1.807, 2.05) is 6.92 Å². The number of carboxylic acid groups (broad SMARTS) is 1. The highest BCUT2D eigenvalue weighted by molar-refractivity contribution is 7.92. The number of benzene rings is 1. The molecule has 0 aliphatic carbocycles. The van der Waals surface area contributed by atoms with Crippen molar-refractivity contribution in [2.24, 2.45) is 0 Å². The molecule has 1 rings (SSSR count). The molecule has 0 bridgehead atoms. The van der Waals surface area contributed by atoms with Gasteiger partial charge in [0, 0.05) is 0 Å². The summed E-state index contributed by atoms with van der Waals surface area (Å²) >= 11 is 0. The van der Waals surface area contributed by atoms with E-state index < -0.39 is 21.6 Å². The van der Waals surface area contributed by atoms with E-state index in [-0.39, 0.29) is 4.90 Å². The number of hydrogen-bond donors (Lipinski definition) is 1. The molecule has 0 heterocycles. The average molecular weight is 242 g/mol. The van der Waals surface area contributed by atoms with Gasteiger partial charge in [-0.05, 0) is 31.9 Å². The molecule has 16 heavy (non-hydrogen) atoms. The van der Waals surface area contributed by atoms with Crippen LogP contribution in [0, 0.1) is 20.8 Å². The molecule has 0 saturated carbocycles. The van der Waals surface area contributed by atoms with Crippen LogP contribution in [0.15, 0.2) is 17.0 Å². The first-order chi connectivity index (χ1) is 7.24. The minimum Gasteiger partial charge on any atom is -0.480 e. The van der Waals surface area contributed by atoms with Crippen molar-refractivity contribution in [2.75, 3.05) is 5.75 Å². The summed E-state index contributed by atoms with van der Waals surface area (Å²) in [6.07, 6.45) is 0. The van der Waals surface area contributed by atoms with E-state index in [4.69, 9.17) is 5.11 Å². The SMILES string of the molecule is Cc1cc(C)c(S(=O)(=O)CC(=O)O)c(C)c1. The molecule has 1 N–H and O–H groups in total. The van der Waals surface area contributed by atoms with Crippen LogP contribution in [0.4, 0.5) is 0 Å². The summed E-state index contributed by atoms with van der Waals surface area (Å²) in [4.78, 5) is 10.6. The first kappa shape index (κ1) is 12.7. The highest BCUT2D eigenvalue weighted by atomic mass is 32.2. The molecular formula is C11H14O4S. The van der Waals surface area contributed by atoms with Gasteiger partial charge in [-0.1, -0.05) is 17.7 Å². The molecule has 0 amide bonds. The fourth-order valence-electron chi connectivity index (χ4n) is 1.89. The minimum absolute atomic E-state index is 0.139. The molecule has 0 saturated heterocycles. The molecule has 0 spiro atoms. The summed E-state index contributed by atoms with van der Waals surface area (Å²) in [5, 5.41) is 8.57. The van der Waals surface area contributed by atoms with Crippen LogP contribution in [0.1, 0.15) is 16.7 Å². The van der Waals surface area contributed by atoms with Crippen molar-refractivity contribution in [1.82, 2.24) is 0 Å². The van der Waals surface area contributed by atoms with Crippen LogP contribution in [0.3, 0.4) is 0 Å². The lowest BCUT2D eigenvalue weighted by atomic mass is 10.1. The fraction of sp³-hybridized carbons (Fsp3) is 0.364. The molecule has 5 heteroatoms. The summed E-state index contributed by atoms with van der Waals surface area (Å²) in [6, 6.07) is 3.48. The molecule has 0 fully saturated rings. The lowest BCUT2D eigenvalue weighted by Gasteiger charge is -2.10. The molecule has 0 atom stereocenters. The highest BCUT2D eigenvalue weighted by Gasteiger charge is 2.22. The van der Waals surface area contributed by atoms with E-state index in [9.17, 15) is 13.2 Å². The van der Waals surface area contributed by atoms with E-state index >= 15 is 0 Å². The predicted molar refractivity (Wildman–Crippen MR) is 60.3 cm³/mol. The maximum atomic E-state index is 11.8. The Bertz CT molecular complexity index is 506. The Morgan fingerprint density at radius 1 is 1.19 bits per heavy atom. The molecule has 0 aliphatic rings. The largest absolute Gasteiger partial charge is 0.480 e. The second-order valence-electron chi connectivity index (χ2n) is 3.88. The lowest BCUT2D eigenvalue weighted by molar-refractivity contribution is -0.134. The Hall–Kier alpha value is -1.36. The quantitative estimate of drug-likeness (QED) is 0.871. The number of rotatable bonds is 3. The topological polar surface area (TPSA) is 71.4 Å². The summed E-state index contributed by atoms with van der Waals surface area (Å²) < 4.78 is 23.6. The van der Waals surface area contributed by atoms with Crippen molar-refractivity contribution in [3.63, 3.8) is 0 Å². The van der Waals surface area contributed by atoms with Crippen LogP contribution in [-0.2, 0) is 14.6 Å². The van der Waals surface area contributed by atoms with E-state index in [2.05, 4.69) is 0 Å². The molecule has 0 unspecified atom stereocenters. The van der Waals surface area contributed by atoms with Gasteiger partial charge in [-0.15, -0.1) is 0 Å². The van der Waals surface area contributed by atoms with Gasteiger partial charge in [0.15, 0.2) is 15.6 Å². The zero-order valence-electron chi connectivity index (χ0n) is 9.44. The molecule has 4 nitrogen and oxygen atoms in total. The van der Waals surface area contributed by atoms with Gasteiger partial charge in [0.05, 0.1) is 4.90 Å². The third-order valence-corrected chi connectivity index (χ3v) is 4.12. The monoisotopic (exact) mass is 242 g/mol. The summed E-state index contributed by atoms with van der Waals surface area (Å²) in [6.45, 7) is 5.22. The van der Waals surface area contributed by atoms with Gasteiger partial charge in [-0.3, -0.25) is 4.79 Å². The van der Waals surface area contributed by atoms with Gasteiger partial charge in [0.25, 0.3) is 0 Å². The maximum absolute atomic E-state index is 11.8. The van der Waals surface area contributed by atoms with Crippen molar-refractivity contribution in [2.45, 2.75) is 25.7 Å². The lowest BCUT2D eigenvalue weighted by Crippen LogP contribution is -2.17. The summed E-state index contributed by atoms with van der Waals surface area (Å²) in [7, 11) is -3.74. The third-order valence-electron chi connectivity index (χ3n) is 2.23. The number of carbonyl (C=O) groups is 1. The van der Waals surface area contributed by atoms with Crippen LogP contribution in [0.25, 0.3) is 0 Å². The normalized spacial score (nSPS) is 11.4. The van der Waals surface area contributed by atoms with E-state index in [0.29, 0.717) is 11.1 Å². The van der Waals surface area contributed by atoms with Gasteiger partial charge < -0.3 is 5.11 Å². The fourth-order valence-corrected chi connectivity index (χ4v) is 3.46. The van der Waals surface area contributed by atoms with Crippen LogP contribution in [0.5, 0.6) is 0 Å². The smallest absolute Gasteiger partial charge is 0.319 e. The van der Waals surface area contributed by atoms with Gasteiger partial charge in [0.2, 0.25) is 0 Å². The zero-order valence-corrected chi connectivity index (χ0v) is 10.3. The van der Waals surface area contributed by atoms with Gasteiger partial charge in [-0.2, -0.15) is 0 Å². The van der Waals surface area contributed by atoms with Gasteiger partial charge >= 0.3 is 5.97 Å². The van der Waals surface area contributed by atoms with E-state index in [1.54, 1.807) is 26.0 Å². The third kappa shape index (κ3) is 2.61. The van der Waals surface area contributed by atoms with Crippen LogP contribution in [0.2, 0.25) is 0 Å². The van der Waals surface area contributed by atoms with Crippen molar-refractivity contribution in [3.05, 3.63) is 28.8 Å². The van der Waals surface area contributed by atoms with Crippen LogP contribution in [-0.4, -0.2) is 25.2 Å². The zero-order chi connectivity index (χ0) is 12.5. The average Bonchev–Trinajstić information content (AvgIpc) is 1.96. The standard InChI is InChI=1S/C11H14O4S/c1-7-4-8(2)11(9(3)5-7)16(14,15)6-10(12)13/h4-5H,6H2,1-3H3,(H,12,13). The molecule has 0 aromatic heterocycles. The van der Waals surface area contributed by atoms with Crippen molar-refractivity contribution >= 4 is 15.8 Å². The molecular weight excluding hydrogens is 228 g/mol. The van der Waals surface area contributed by atoms with Gasteiger partial charge in [0.1, 0.15) is 0 Å². The molecule has 1 aromatic carbocycles. The van der Waals surface area contributed by atoms with Crippen molar-refractivity contribution in [3.8, 4) is 0 Å². The van der Waals surface area contributed by atoms with E-state index in [0.717, 1.165) is 5.56 Å². The number of sulfone groups is 1. The number of carboxylic acids is 1. The van der Waals surface area contributed by atoms with Crippen LogP contribution >= 0.6 is 0 Å². The minimum atomic E-state index is -3.74. The number of aliphatic carboxylic acids is 1. The Kier molecular flexibility index (Phi) is 3.38. The second-order valence-corrected chi connectivity index (χ2v) is 5.81. The Labute approximate surface area is 94.8 Å². The molecule has 88 valence electrons.